The minimum Gasteiger partial charge on any atom is -0.369 e. The molecule has 0 amide bonds. The van der Waals surface area contributed by atoms with Crippen molar-refractivity contribution in [3.63, 3.8) is 0 Å². The summed E-state index contributed by atoms with van der Waals surface area (Å²) in [6, 6.07) is 19.1. The first-order valence-corrected chi connectivity index (χ1v) is 7.34. The highest BCUT2D eigenvalue weighted by molar-refractivity contribution is 5.56. The Balaban J connectivity index is 1.85. The minimum absolute atomic E-state index is 0.328. The van der Waals surface area contributed by atoms with Crippen molar-refractivity contribution in [3.05, 3.63) is 65.7 Å². The normalized spacial score (nSPS) is 17.4. The summed E-state index contributed by atoms with van der Waals surface area (Å²) in [5.41, 5.74) is 10.3. The van der Waals surface area contributed by atoms with Crippen molar-refractivity contribution >= 4 is 5.69 Å². The van der Waals surface area contributed by atoms with Gasteiger partial charge in [-0.2, -0.15) is 0 Å². The molecule has 0 saturated heterocycles. The quantitative estimate of drug-likeness (QED) is 0.923. The molecule has 1 aliphatic heterocycles. The van der Waals surface area contributed by atoms with Crippen molar-refractivity contribution in [2.75, 3.05) is 18.0 Å². The van der Waals surface area contributed by atoms with Gasteiger partial charge in [0.15, 0.2) is 0 Å². The van der Waals surface area contributed by atoms with Crippen LogP contribution in [0.1, 0.15) is 24.5 Å². The van der Waals surface area contributed by atoms with Crippen LogP contribution in [0.2, 0.25) is 0 Å². The van der Waals surface area contributed by atoms with Crippen LogP contribution in [-0.4, -0.2) is 13.1 Å². The predicted octanol–water partition coefficient (Wildman–Crippen LogP) is 3.31. The Morgan fingerprint density at radius 2 is 1.75 bits per heavy atom. The third-order valence-electron chi connectivity index (χ3n) is 4.16. The molecule has 2 heteroatoms. The molecule has 3 rings (SSSR count). The zero-order valence-electron chi connectivity index (χ0n) is 12.0. The van der Waals surface area contributed by atoms with Gasteiger partial charge in [-0.3, -0.25) is 0 Å². The fraction of sp³-hybridized carbons (Fsp3) is 0.333. The summed E-state index contributed by atoms with van der Waals surface area (Å²) in [5, 5.41) is 0. The van der Waals surface area contributed by atoms with Crippen LogP contribution < -0.4 is 10.6 Å². The third-order valence-corrected chi connectivity index (χ3v) is 4.16. The second-order valence-corrected chi connectivity index (χ2v) is 5.94. The lowest BCUT2D eigenvalue weighted by atomic mass is 9.91. The van der Waals surface area contributed by atoms with Crippen molar-refractivity contribution in [1.82, 2.24) is 0 Å². The van der Waals surface area contributed by atoms with Gasteiger partial charge >= 0.3 is 0 Å². The summed E-state index contributed by atoms with van der Waals surface area (Å²) in [7, 11) is 0. The highest BCUT2D eigenvalue weighted by Crippen LogP contribution is 2.29. The average Bonchev–Trinajstić information content (AvgIpc) is 2.48. The molecule has 0 aliphatic carbocycles. The summed E-state index contributed by atoms with van der Waals surface area (Å²) < 4.78 is 0. The standard InChI is InChI=1S/C18H22N2/c1-18(19,16-10-3-2-4-11-16)14-20-13-7-9-15-8-5-6-12-17(15)20/h2-6,8,10-12H,7,9,13-14,19H2,1H3. The molecule has 0 radical (unpaired) electrons. The second-order valence-electron chi connectivity index (χ2n) is 5.94. The van der Waals surface area contributed by atoms with Crippen molar-refractivity contribution in [3.8, 4) is 0 Å². The van der Waals surface area contributed by atoms with Crippen molar-refractivity contribution in [1.29, 1.82) is 0 Å². The number of hydrogen-bond donors (Lipinski definition) is 1. The van der Waals surface area contributed by atoms with E-state index >= 15 is 0 Å². The summed E-state index contributed by atoms with van der Waals surface area (Å²) in [6.07, 6.45) is 2.39. The molecular formula is C18H22N2. The molecule has 104 valence electrons. The van der Waals surface area contributed by atoms with Crippen LogP contribution in [0.3, 0.4) is 0 Å². The summed E-state index contributed by atoms with van der Waals surface area (Å²) in [4.78, 5) is 2.44. The van der Waals surface area contributed by atoms with Crippen LogP contribution in [0.25, 0.3) is 0 Å². The van der Waals surface area contributed by atoms with Crippen LogP contribution in [0.4, 0.5) is 5.69 Å². The molecule has 1 aliphatic rings. The first-order chi connectivity index (χ1) is 9.67. The number of para-hydroxylation sites is 1. The molecular weight excluding hydrogens is 244 g/mol. The van der Waals surface area contributed by atoms with Gasteiger partial charge in [-0.25, -0.2) is 0 Å². The Hall–Kier alpha value is -1.80. The van der Waals surface area contributed by atoms with Crippen LogP contribution in [-0.2, 0) is 12.0 Å². The van der Waals surface area contributed by atoms with Crippen LogP contribution in [0.5, 0.6) is 0 Å². The number of nitrogens with zero attached hydrogens (tertiary/aromatic N) is 1. The fourth-order valence-electron chi connectivity index (χ4n) is 3.08. The van der Waals surface area contributed by atoms with Crippen LogP contribution in [0, 0.1) is 0 Å². The second kappa shape index (κ2) is 5.29. The van der Waals surface area contributed by atoms with Crippen molar-refractivity contribution in [2.24, 2.45) is 5.73 Å². The summed E-state index contributed by atoms with van der Waals surface area (Å²) in [6.45, 7) is 4.07. The minimum atomic E-state index is -0.328. The highest BCUT2D eigenvalue weighted by atomic mass is 15.2. The molecule has 0 fully saturated rings. The van der Waals surface area contributed by atoms with E-state index in [9.17, 15) is 0 Å². The molecule has 2 nitrogen and oxygen atoms in total. The number of aryl methyl sites for hydroxylation is 1. The number of nitrogens with two attached hydrogens (primary N) is 1. The maximum Gasteiger partial charge on any atom is 0.0558 e. The Bertz CT molecular complexity index is 575. The molecule has 0 aromatic heterocycles. The van der Waals surface area contributed by atoms with Gasteiger partial charge in [0.1, 0.15) is 0 Å². The first-order valence-electron chi connectivity index (χ1n) is 7.34. The van der Waals surface area contributed by atoms with Gasteiger partial charge in [0.2, 0.25) is 0 Å². The van der Waals surface area contributed by atoms with Gasteiger partial charge in [0, 0.05) is 18.8 Å². The molecule has 2 N–H and O–H groups in total. The van der Waals surface area contributed by atoms with Crippen molar-refractivity contribution in [2.45, 2.75) is 25.3 Å². The van der Waals surface area contributed by atoms with E-state index in [1.54, 1.807) is 0 Å². The fourth-order valence-corrected chi connectivity index (χ4v) is 3.08. The van der Waals surface area contributed by atoms with Gasteiger partial charge in [-0.15, -0.1) is 0 Å². The Morgan fingerprint density at radius 1 is 1.05 bits per heavy atom. The number of fused-ring (bicyclic) bond motifs is 1. The average molecular weight is 266 g/mol. The lowest BCUT2D eigenvalue weighted by Gasteiger charge is -2.37. The number of benzene rings is 2. The Morgan fingerprint density at radius 3 is 2.55 bits per heavy atom. The zero-order valence-corrected chi connectivity index (χ0v) is 12.0. The van der Waals surface area contributed by atoms with E-state index in [4.69, 9.17) is 5.73 Å². The number of hydrogen-bond acceptors (Lipinski definition) is 2. The largest absolute Gasteiger partial charge is 0.369 e. The SMILES string of the molecule is CC(N)(CN1CCCc2ccccc21)c1ccccc1. The van der Waals surface area contributed by atoms with Gasteiger partial charge in [0.05, 0.1) is 5.54 Å². The number of anilines is 1. The maximum atomic E-state index is 6.58. The molecule has 0 spiro atoms. The predicted molar refractivity (Wildman–Crippen MR) is 85.0 cm³/mol. The topological polar surface area (TPSA) is 29.3 Å². The molecule has 2 aromatic carbocycles. The number of rotatable bonds is 3. The summed E-state index contributed by atoms with van der Waals surface area (Å²) >= 11 is 0. The van der Waals surface area contributed by atoms with Crippen LogP contribution >= 0.6 is 0 Å². The van der Waals surface area contributed by atoms with E-state index < -0.39 is 0 Å². The molecule has 0 saturated carbocycles. The van der Waals surface area contributed by atoms with Gasteiger partial charge < -0.3 is 10.6 Å². The monoisotopic (exact) mass is 266 g/mol. The van der Waals surface area contributed by atoms with E-state index in [0.717, 1.165) is 13.1 Å². The van der Waals surface area contributed by atoms with Gasteiger partial charge in [-0.1, -0.05) is 48.5 Å². The van der Waals surface area contributed by atoms with Gasteiger partial charge in [-0.05, 0) is 37.0 Å². The van der Waals surface area contributed by atoms with E-state index in [0.29, 0.717) is 0 Å². The van der Waals surface area contributed by atoms with E-state index in [2.05, 4.69) is 60.4 Å². The molecule has 1 unspecified atom stereocenters. The lowest BCUT2D eigenvalue weighted by molar-refractivity contribution is 0.474. The molecule has 1 heterocycles. The molecule has 2 aromatic rings. The Labute approximate surface area is 121 Å². The lowest BCUT2D eigenvalue weighted by Crippen LogP contribution is -2.47. The molecule has 0 bridgehead atoms. The zero-order chi connectivity index (χ0) is 14.0. The van der Waals surface area contributed by atoms with Crippen molar-refractivity contribution < 1.29 is 0 Å². The smallest absolute Gasteiger partial charge is 0.0558 e. The van der Waals surface area contributed by atoms with Gasteiger partial charge in [0.25, 0.3) is 0 Å². The first kappa shape index (κ1) is 13.2. The van der Waals surface area contributed by atoms with E-state index in [1.807, 2.05) is 6.07 Å². The maximum absolute atomic E-state index is 6.58. The Kier molecular flexibility index (Phi) is 3.49. The van der Waals surface area contributed by atoms with Crippen LogP contribution in [0.15, 0.2) is 54.6 Å². The highest BCUT2D eigenvalue weighted by Gasteiger charge is 2.26. The van der Waals surface area contributed by atoms with E-state index in [-0.39, 0.29) is 5.54 Å². The third kappa shape index (κ3) is 2.56. The molecule has 1 atom stereocenters. The molecule has 20 heavy (non-hydrogen) atoms. The van der Waals surface area contributed by atoms with E-state index in [1.165, 1.54) is 29.7 Å². The summed E-state index contributed by atoms with van der Waals surface area (Å²) in [5.74, 6) is 0.